The molecule has 29 heavy (non-hydrogen) atoms. The standard InChI is InChI=1S/C22H27N5OS/c1-13-19(21(28)27(26(13)2)18-6-4-3-5-7-18)23-22(29)25-24-20-16-9-14-8-15(11-16)12-17(20)10-14/h3-7,14-17H,8-12H2,1-2H3,(H2,23,25,29). The van der Waals surface area contributed by atoms with Gasteiger partial charge in [0.25, 0.3) is 5.56 Å². The highest BCUT2D eigenvalue weighted by atomic mass is 32.1. The van der Waals surface area contributed by atoms with E-state index in [4.69, 9.17) is 17.3 Å². The fourth-order valence-corrected chi connectivity index (χ4v) is 5.97. The first-order chi connectivity index (χ1) is 14.0. The van der Waals surface area contributed by atoms with Gasteiger partial charge in [-0.3, -0.25) is 14.9 Å². The summed E-state index contributed by atoms with van der Waals surface area (Å²) in [6.07, 6.45) is 6.57. The number of nitrogens with one attached hydrogen (secondary N) is 2. The second kappa shape index (κ2) is 7.13. The van der Waals surface area contributed by atoms with Crippen molar-refractivity contribution in [1.82, 2.24) is 14.8 Å². The molecule has 0 saturated heterocycles. The lowest BCUT2D eigenvalue weighted by atomic mass is 9.55. The van der Waals surface area contributed by atoms with Crippen molar-refractivity contribution in [3.05, 3.63) is 46.4 Å². The van der Waals surface area contributed by atoms with Crippen molar-refractivity contribution >= 4 is 28.7 Å². The molecule has 0 amide bonds. The molecule has 7 heteroatoms. The molecule has 4 aliphatic carbocycles. The van der Waals surface area contributed by atoms with Crippen molar-refractivity contribution in [2.45, 2.75) is 39.0 Å². The second-order valence-electron chi connectivity index (χ2n) is 8.84. The van der Waals surface area contributed by atoms with Crippen LogP contribution < -0.4 is 16.3 Å². The SMILES string of the molecule is Cc1c(NC(=S)NN=C2C3CC4CC(C3)CC2C4)c(=O)n(-c2ccccc2)n1C. The molecule has 4 bridgehead atoms. The van der Waals surface area contributed by atoms with Crippen molar-refractivity contribution < 1.29 is 0 Å². The molecule has 1 heterocycles. The zero-order valence-corrected chi connectivity index (χ0v) is 17.7. The summed E-state index contributed by atoms with van der Waals surface area (Å²) in [4.78, 5) is 13.0. The van der Waals surface area contributed by atoms with E-state index in [1.807, 2.05) is 49.0 Å². The highest BCUT2D eigenvalue weighted by Gasteiger charge is 2.46. The molecule has 0 radical (unpaired) electrons. The van der Waals surface area contributed by atoms with Crippen molar-refractivity contribution in [1.29, 1.82) is 0 Å². The van der Waals surface area contributed by atoms with E-state index in [-0.39, 0.29) is 5.56 Å². The summed E-state index contributed by atoms with van der Waals surface area (Å²) in [5.74, 6) is 3.06. The number of nitrogens with zero attached hydrogens (tertiary/aromatic N) is 3. The Morgan fingerprint density at radius 3 is 2.31 bits per heavy atom. The smallest absolute Gasteiger partial charge is 0.295 e. The van der Waals surface area contributed by atoms with Crippen molar-refractivity contribution in [3.8, 4) is 5.69 Å². The molecule has 0 unspecified atom stereocenters. The van der Waals surface area contributed by atoms with E-state index in [1.165, 1.54) is 37.8 Å². The van der Waals surface area contributed by atoms with Gasteiger partial charge in [-0.2, -0.15) is 5.10 Å². The summed E-state index contributed by atoms with van der Waals surface area (Å²) in [7, 11) is 1.88. The van der Waals surface area contributed by atoms with Crippen LogP contribution in [-0.2, 0) is 7.05 Å². The molecular weight excluding hydrogens is 382 g/mol. The molecule has 1 aromatic heterocycles. The van der Waals surface area contributed by atoms with Crippen LogP contribution in [0.15, 0.2) is 40.2 Å². The minimum atomic E-state index is -0.123. The predicted molar refractivity (Wildman–Crippen MR) is 120 cm³/mol. The summed E-state index contributed by atoms with van der Waals surface area (Å²) in [6.45, 7) is 1.91. The maximum Gasteiger partial charge on any atom is 0.295 e. The van der Waals surface area contributed by atoms with E-state index < -0.39 is 0 Å². The molecule has 0 aliphatic heterocycles. The van der Waals surface area contributed by atoms with Crippen molar-refractivity contribution in [3.63, 3.8) is 0 Å². The van der Waals surface area contributed by atoms with Crippen LogP contribution in [0.3, 0.4) is 0 Å². The van der Waals surface area contributed by atoms with Gasteiger partial charge in [-0.25, -0.2) is 4.68 Å². The number of aromatic nitrogens is 2. The molecule has 1 aromatic carbocycles. The van der Waals surface area contributed by atoms with Gasteiger partial charge in [0, 0.05) is 12.8 Å². The second-order valence-corrected chi connectivity index (χ2v) is 9.25. The van der Waals surface area contributed by atoms with Crippen LogP contribution in [0.4, 0.5) is 5.69 Å². The molecule has 6 rings (SSSR count). The molecule has 4 aliphatic rings. The third-order valence-corrected chi connectivity index (χ3v) is 7.25. The van der Waals surface area contributed by atoms with Gasteiger partial charge in [0.15, 0.2) is 5.11 Å². The van der Waals surface area contributed by atoms with Gasteiger partial charge in [0.05, 0.1) is 11.4 Å². The van der Waals surface area contributed by atoms with Crippen LogP contribution >= 0.6 is 12.2 Å². The summed E-state index contributed by atoms with van der Waals surface area (Å²) < 4.78 is 3.48. The number of hydrazone groups is 1. The maximum atomic E-state index is 13.0. The van der Waals surface area contributed by atoms with Crippen LogP contribution in [0.5, 0.6) is 0 Å². The van der Waals surface area contributed by atoms with Crippen molar-refractivity contribution in [2.24, 2.45) is 35.8 Å². The van der Waals surface area contributed by atoms with E-state index in [0.29, 0.717) is 22.6 Å². The Balaban J connectivity index is 1.34. The Labute approximate surface area is 176 Å². The molecule has 2 aromatic rings. The quantitative estimate of drug-likeness (QED) is 0.601. The highest BCUT2D eigenvalue weighted by Crippen LogP contribution is 2.52. The lowest BCUT2D eigenvalue weighted by Gasteiger charge is -2.50. The number of rotatable bonds is 3. The molecule has 152 valence electrons. The van der Waals surface area contributed by atoms with Gasteiger partial charge >= 0.3 is 0 Å². The van der Waals surface area contributed by atoms with Crippen LogP contribution in [0, 0.1) is 30.6 Å². The Bertz CT molecular complexity index is 1010. The minimum Gasteiger partial charge on any atom is -0.325 e. The Kier molecular flexibility index (Phi) is 4.57. The zero-order chi connectivity index (χ0) is 20.1. The lowest BCUT2D eigenvalue weighted by molar-refractivity contribution is 0.108. The Morgan fingerprint density at radius 1 is 1.07 bits per heavy atom. The predicted octanol–water partition coefficient (Wildman–Crippen LogP) is 3.58. The first-order valence-electron chi connectivity index (χ1n) is 10.5. The minimum absolute atomic E-state index is 0.123. The summed E-state index contributed by atoms with van der Waals surface area (Å²) >= 11 is 5.47. The van der Waals surface area contributed by atoms with Gasteiger partial charge in [0.1, 0.15) is 5.69 Å². The van der Waals surface area contributed by atoms with E-state index in [1.54, 1.807) is 4.68 Å². The van der Waals surface area contributed by atoms with Gasteiger partial charge in [-0.05, 0) is 87.1 Å². The van der Waals surface area contributed by atoms with E-state index in [9.17, 15) is 4.79 Å². The van der Waals surface area contributed by atoms with Gasteiger partial charge in [-0.15, -0.1) is 0 Å². The molecule has 0 spiro atoms. The van der Waals surface area contributed by atoms with Gasteiger partial charge in [-0.1, -0.05) is 18.2 Å². The van der Waals surface area contributed by atoms with E-state index in [2.05, 4.69) is 10.7 Å². The largest absolute Gasteiger partial charge is 0.325 e. The van der Waals surface area contributed by atoms with E-state index >= 15 is 0 Å². The highest BCUT2D eigenvalue weighted by molar-refractivity contribution is 7.80. The average Bonchev–Trinajstić information content (AvgIpc) is 2.91. The average molecular weight is 410 g/mol. The molecule has 0 atom stereocenters. The molecule has 4 fully saturated rings. The van der Waals surface area contributed by atoms with Gasteiger partial charge in [0.2, 0.25) is 0 Å². The topological polar surface area (TPSA) is 63.4 Å². The summed E-state index contributed by atoms with van der Waals surface area (Å²) in [5.41, 5.74) is 6.34. The Hall–Kier alpha value is -2.41. The Morgan fingerprint density at radius 2 is 1.69 bits per heavy atom. The number of hydrogen-bond donors (Lipinski definition) is 2. The van der Waals surface area contributed by atoms with Crippen LogP contribution in [-0.4, -0.2) is 20.2 Å². The molecule has 2 N–H and O–H groups in total. The first-order valence-corrected chi connectivity index (χ1v) is 10.9. The van der Waals surface area contributed by atoms with Crippen LogP contribution in [0.25, 0.3) is 5.69 Å². The molecule has 4 saturated carbocycles. The lowest BCUT2D eigenvalue weighted by Crippen LogP contribution is -2.46. The monoisotopic (exact) mass is 409 g/mol. The normalized spacial score (nSPS) is 27.2. The van der Waals surface area contributed by atoms with Crippen LogP contribution in [0.1, 0.15) is 37.8 Å². The number of anilines is 1. The molecule has 6 nitrogen and oxygen atoms in total. The zero-order valence-electron chi connectivity index (χ0n) is 16.9. The summed E-state index contributed by atoms with van der Waals surface area (Å²) in [6, 6.07) is 9.61. The van der Waals surface area contributed by atoms with Crippen molar-refractivity contribution in [2.75, 3.05) is 5.32 Å². The van der Waals surface area contributed by atoms with E-state index in [0.717, 1.165) is 23.2 Å². The number of para-hydroxylation sites is 1. The third kappa shape index (κ3) is 3.21. The number of thiocarbonyl (C=S) groups is 1. The fraction of sp³-hybridized carbons (Fsp3) is 0.500. The first kappa shape index (κ1) is 18.6. The maximum absolute atomic E-state index is 13.0. The summed E-state index contributed by atoms with van der Waals surface area (Å²) in [5, 5.41) is 8.18. The fourth-order valence-electron chi connectivity index (χ4n) is 5.82. The van der Waals surface area contributed by atoms with Gasteiger partial charge < -0.3 is 5.32 Å². The third-order valence-electron chi connectivity index (χ3n) is 7.05. The molecular formula is C22H27N5OS. The number of benzene rings is 1. The number of hydrogen-bond acceptors (Lipinski definition) is 3. The van der Waals surface area contributed by atoms with Crippen LogP contribution in [0.2, 0.25) is 0 Å².